The molecule has 0 N–H and O–H groups in total. The molecule has 0 saturated heterocycles. The molecule has 116 valence electrons. The number of imide groups is 1. The van der Waals surface area contributed by atoms with Crippen LogP contribution in [-0.4, -0.2) is 22.8 Å². The van der Waals surface area contributed by atoms with Gasteiger partial charge in [0.25, 0.3) is 11.8 Å². The summed E-state index contributed by atoms with van der Waals surface area (Å²) >= 11 is 0. The maximum Gasteiger partial charge on any atom is 0.340 e. The van der Waals surface area contributed by atoms with Crippen molar-refractivity contribution in [2.45, 2.75) is 12.8 Å². The van der Waals surface area contributed by atoms with Crippen LogP contribution in [0.25, 0.3) is 0 Å². The molecule has 0 fully saturated rings. The summed E-state index contributed by atoms with van der Waals surface area (Å²) in [6, 6.07) is 11.6. The van der Waals surface area contributed by atoms with Crippen LogP contribution in [0.2, 0.25) is 0 Å². The first-order valence-corrected chi connectivity index (χ1v) is 6.94. The molecule has 0 saturated carbocycles. The van der Waals surface area contributed by atoms with E-state index in [-0.39, 0.29) is 11.1 Å². The highest BCUT2D eigenvalue weighted by Gasteiger charge is 2.39. The number of fused-ring (bicyclic) bond motifs is 1. The molecule has 2 aromatic rings. The summed E-state index contributed by atoms with van der Waals surface area (Å²) in [5.74, 6) is -3.30. The lowest BCUT2D eigenvalue weighted by Crippen LogP contribution is -2.34. The topological polar surface area (TPSA) is 63.7 Å². The largest absolute Gasteiger partial charge is 0.340 e. The predicted molar refractivity (Wildman–Crippen MR) is 77.8 cm³/mol. The molecule has 0 radical (unpaired) electrons. The maximum atomic E-state index is 12.9. The average Bonchev–Trinajstić information content (AvgIpc) is 2.80. The zero-order chi connectivity index (χ0) is 16.6. The maximum absolute atomic E-state index is 12.9. The Labute approximate surface area is 131 Å². The van der Waals surface area contributed by atoms with Crippen LogP contribution in [-0.2, 0) is 9.63 Å². The molecule has 23 heavy (non-hydrogen) atoms. The van der Waals surface area contributed by atoms with Gasteiger partial charge in [-0.1, -0.05) is 29.3 Å². The van der Waals surface area contributed by atoms with E-state index in [1.807, 2.05) is 0 Å². The second kappa shape index (κ2) is 5.64. The Morgan fingerprint density at radius 3 is 2.04 bits per heavy atom. The lowest BCUT2D eigenvalue weighted by molar-refractivity contribution is -0.170. The molecular weight excluding hydrogens is 301 g/mol. The minimum atomic E-state index is -0.772. The van der Waals surface area contributed by atoms with Crippen LogP contribution in [0.3, 0.4) is 0 Å². The minimum Gasteiger partial charge on any atom is -0.329 e. The van der Waals surface area contributed by atoms with Crippen molar-refractivity contribution in [2.24, 2.45) is 0 Å². The Morgan fingerprint density at radius 2 is 1.52 bits per heavy atom. The van der Waals surface area contributed by atoms with Crippen molar-refractivity contribution in [2.75, 3.05) is 0 Å². The van der Waals surface area contributed by atoms with Crippen molar-refractivity contribution in [3.8, 4) is 0 Å². The van der Waals surface area contributed by atoms with Crippen LogP contribution >= 0.6 is 0 Å². The SMILES string of the molecule is C[C@H](C(=O)ON1C(=O)c2ccccc2C1=O)c1ccc(F)cc1. The van der Waals surface area contributed by atoms with Gasteiger partial charge in [-0.2, -0.15) is 0 Å². The molecule has 0 spiro atoms. The Balaban J connectivity index is 1.77. The van der Waals surface area contributed by atoms with E-state index in [1.54, 1.807) is 19.1 Å². The number of amides is 2. The fourth-order valence-corrected chi connectivity index (χ4v) is 2.31. The molecule has 5 nitrogen and oxygen atoms in total. The number of carbonyl (C=O) groups is 3. The lowest BCUT2D eigenvalue weighted by atomic mass is 10.0. The molecule has 2 amide bonds. The summed E-state index contributed by atoms with van der Waals surface area (Å²) < 4.78 is 12.9. The molecular formula is C17H12FNO4. The lowest BCUT2D eigenvalue weighted by Gasteiger charge is -2.16. The zero-order valence-electron chi connectivity index (χ0n) is 12.2. The summed E-state index contributed by atoms with van der Waals surface area (Å²) in [6.07, 6.45) is 0. The van der Waals surface area contributed by atoms with Crippen molar-refractivity contribution in [1.29, 1.82) is 0 Å². The molecule has 3 rings (SSSR count). The van der Waals surface area contributed by atoms with E-state index in [9.17, 15) is 18.8 Å². The molecule has 1 aliphatic heterocycles. The number of rotatable bonds is 3. The van der Waals surface area contributed by atoms with Gasteiger partial charge < -0.3 is 4.84 Å². The summed E-state index contributed by atoms with van der Waals surface area (Å²) in [7, 11) is 0. The number of hydrogen-bond acceptors (Lipinski definition) is 4. The van der Waals surface area contributed by atoms with Gasteiger partial charge in [-0.25, -0.2) is 9.18 Å². The van der Waals surface area contributed by atoms with Gasteiger partial charge in [0.05, 0.1) is 17.0 Å². The van der Waals surface area contributed by atoms with Crippen LogP contribution < -0.4 is 0 Å². The minimum absolute atomic E-state index is 0.194. The highest BCUT2D eigenvalue weighted by molar-refractivity contribution is 6.20. The van der Waals surface area contributed by atoms with E-state index in [4.69, 9.17) is 4.84 Å². The quantitative estimate of drug-likeness (QED) is 0.817. The first kappa shape index (κ1) is 14.9. The Hall–Kier alpha value is -3.02. The first-order valence-electron chi connectivity index (χ1n) is 6.94. The zero-order valence-corrected chi connectivity index (χ0v) is 12.2. The third-order valence-electron chi connectivity index (χ3n) is 3.66. The fraction of sp³-hybridized carbons (Fsp3) is 0.118. The highest BCUT2D eigenvalue weighted by Crippen LogP contribution is 2.25. The Morgan fingerprint density at radius 1 is 1.00 bits per heavy atom. The van der Waals surface area contributed by atoms with Gasteiger partial charge in [0, 0.05) is 0 Å². The van der Waals surface area contributed by atoms with E-state index in [0.717, 1.165) is 0 Å². The smallest absolute Gasteiger partial charge is 0.329 e. The molecule has 1 aliphatic rings. The monoisotopic (exact) mass is 313 g/mol. The Kier molecular flexibility index (Phi) is 3.65. The number of benzene rings is 2. The van der Waals surface area contributed by atoms with Crippen LogP contribution in [0.4, 0.5) is 4.39 Å². The van der Waals surface area contributed by atoms with Crippen LogP contribution in [0, 0.1) is 5.82 Å². The van der Waals surface area contributed by atoms with Crippen molar-refractivity contribution in [1.82, 2.24) is 5.06 Å². The normalized spacial score (nSPS) is 14.6. The van der Waals surface area contributed by atoms with Crippen LogP contribution in [0.15, 0.2) is 48.5 Å². The fourth-order valence-electron chi connectivity index (χ4n) is 2.31. The highest BCUT2D eigenvalue weighted by atomic mass is 19.1. The number of carbonyl (C=O) groups excluding carboxylic acids is 3. The molecule has 0 unspecified atom stereocenters. The van der Waals surface area contributed by atoms with Gasteiger partial charge in [0.15, 0.2) is 0 Å². The summed E-state index contributed by atoms with van der Waals surface area (Å²) in [5.41, 5.74) is 0.910. The molecule has 1 heterocycles. The molecule has 2 aromatic carbocycles. The number of nitrogens with zero attached hydrogens (tertiary/aromatic N) is 1. The standard InChI is InChI=1S/C17H12FNO4/c1-10(11-6-8-12(18)9-7-11)17(22)23-19-15(20)13-4-2-3-5-14(13)16(19)21/h2-10H,1H3/t10-/m0/s1. The van der Waals surface area contributed by atoms with E-state index in [0.29, 0.717) is 10.6 Å². The van der Waals surface area contributed by atoms with Crippen LogP contribution in [0.5, 0.6) is 0 Å². The van der Waals surface area contributed by atoms with Gasteiger partial charge in [0.1, 0.15) is 5.82 Å². The van der Waals surface area contributed by atoms with Gasteiger partial charge in [-0.3, -0.25) is 9.59 Å². The van der Waals surface area contributed by atoms with Crippen molar-refractivity contribution < 1.29 is 23.6 Å². The van der Waals surface area contributed by atoms with Gasteiger partial charge in [-0.05, 0) is 36.8 Å². The van der Waals surface area contributed by atoms with Gasteiger partial charge in [-0.15, -0.1) is 0 Å². The van der Waals surface area contributed by atoms with E-state index in [2.05, 4.69) is 0 Å². The third kappa shape index (κ3) is 2.59. The second-order valence-electron chi connectivity index (χ2n) is 5.13. The number of hydroxylamine groups is 2. The van der Waals surface area contributed by atoms with E-state index >= 15 is 0 Å². The second-order valence-corrected chi connectivity index (χ2v) is 5.13. The summed E-state index contributed by atoms with van der Waals surface area (Å²) in [4.78, 5) is 41.4. The molecule has 6 heteroatoms. The number of hydrogen-bond donors (Lipinski definition) is 0. The molecule has 0 aromatic heterocycles. The van der Waals surface area contributed by atoms with Crippen molar-refractivity contribution in [3.05, 3.63) is 71.0 Å². The van der Waals surface area contributed by atoms with E-state index in [1.165, 1.54) is 36.4 Å². The van der Waals surface area contributed by atoms with Gasteiger partial charge in [0.2, 0.25) is 0 Å². The summed E-state index contributed by atoms with van der Waals surface area (Å²) in [6.45, 7) is 1.55. The molecule has 0 aliphatic carbocycles. The van der Waals surface area contributed by atoms with Gasteiger partial charge >= 0.3 is 5.97 Å². The third-order valence-corrected chi connectivity index (χ3v) is 3.66. The Bertz CT molecular complexity index is 765. The van der Waals surface area contributed by atoms with Crippen LogP contribution in [0.1, 0.15) is 39.1 Å². The van der Waals surface area contributed by atoms with Crippen molar-refractivity contribution in [3.63, 3.8) is 0 Å². The van der Waals surface area contributed by atoms with Crippen molar-refractivity contribution >= 4 is 17.8 Å². The average molecular weight is 313 g/mol. The van der Waals surface area contributed by atoms with E-state index < -0.39 is 29.5 Å². The number of halogens is 1. The molecule has 1 atom stereocenters. The predicted octanol–water partition coefficient (Wildman–Crippen LogP) is 2.68. The summed E-state index contributed by atoms with van der Waals surface area (Å²) in [5, 5.41) is 0.465. The first-order chi connectivity index (χ1) is 11.0. The molecule has 0 bridgehead atoms.